The molecule has 4 fully saturated rings. The van der Waals surface area contributed by atoms with Crippen LogP contribution in [0.3, 0.4) is 0 Å². The van der Waals surface area contributed by atoms with Gasteiger partial charge in [-0.05, 0) is 122 Å². The molecule has 8 atom stereocenters. The second-order valence-electron chi connectivity index (χ2n) is 19.0. The largest absolute Gasteiger partial charge is 0.480 e. The average Bonchev–Trinajstić information content (AvgIpc) is 3.07. The molecule has 280 valence electrons. The lowest BCUT2D eigenvalue weighted by Crippen LogP contribution is -2.65. The van der Waals surface area contributed by atoms with E-state index in [9.17, 15) is 19.2 Å². The van der Waals surface area contributed by atoms with Crippen LogP contribution in [0.4, 0.5) is 0 Å². The summed E-state index contributed by atoms with van der Waals surface area (Å²) in [6.45, 7) is 17.1. The van der Waals surface area contributed by atoms with Crippen molar-refractivity contribution in [3.63, 3.8) is 0 Å². The van der Waals surface area contributed by atoms with Crippen molar-refractivity contribution in [2.24, 2.45) is 50.2 Å². The van der Waals surface area contributed by atoms with Gasteiger partial charge in [0, 0.05) is 18.4 Å². The number of ether oxygens (including phenoxy) is 1. The van der Waals surface area contributed by atoms with Gasteiger partial charge in [-0.1, -0.05) is 78.3 Å². The number of allylic oxidation sites excluding steroid dienone is 2. The maximum absolute atomic E-state index is 14.3. The number of nitrogens with one attached hydrogen (secondary N) is 2. The summed E-state index contributed by atoms with van der Waals surface area (Å²) in [5, 5.41) is 14.5. The van der Waals surface area contributed by atoms with Gasteiger partial charge in [0.1, 0.15) is 12.6 Å². The Morgan fingerprint density at radius 2 is 1.55 bits per heavy atom. The van der Waals surface area contributed by atoms with Gasteiger partial charge < -0.3 is 20.5 Å². The van der Waals surface area contributed by atoms with Gasteiger partial charge in [-0.2, -0.15) is 0 Å². The van der Waals surface area contributed by atoms with Crippen molar-refractivity contribution in [3.05, 3.63) is 47.5 Å². The molecule has 51 heavy (non-hydrogen) atoms. The molecule has 0 aliphatic heterocycles. The van der Waals surface area contributed by atoms with Crippen LogP contribution in [0.1, 0.15) is 136 Å². The fraction of sp³-hybridized carbons (Fsp3) is 0.721. The number of esters is 1. The first-order chi connectivity index (χ1) is 23.9. The second-order valence-corrected chi connectivity index (χ2v) is 19.0. The van der Waals surface area contributed by atoms with Crippen molar-refractivity contribution in [1.82, 2.24) is 10.6 Å². The van der Waals surface area contributed by atoms with E-state index in [2.05, 4.69) is 65.2 Å². The van der Waals surface area contributed by atoms with Gasteiger partial charge in [0.2, 0.25) is 11.8 Å². The number of carbonyl (C=O) groups excluding carboxylic acids is 3. The fourth-order valence-electron chi connectivity index (χ4n) is 12.5. The normalized spacial score (nSPS) is 37.6. The molecule has 0 bridgehead atoms. The molecule has 5 aliphatic rings. The Kier molecular flexibility index (Phi) is 9.85. The molecule has 0 saturated heterocycles. The minimum Gasteiger partial charge on any atom is -0.480 e. The van der Waals surface area contributed by atoms with Gasteiger partial charge in [0.15, 0.2) is 0 Å². The zero-order valence-corrected chi connectivity index (χ0v) is 32.2. The molecule has 3 unspecified atom stereocenters. The van der Waals surface area contributed by atoms with Crippen LogP contribution in [0.25, 0.3) is 0 Å². The predicted octanol–water partition coefficient (Wildman–Crippen LogP) is 8.11. The fourth-order valence-corrected chi connectivity index (χ4v) is 12.5. The summed E-state index contributed by atoms with van der Waals surface area (Å²) in [5.41, 5.74) is 1.91. The number of amides is 2. The Hall–Kier alpha value is -3.16. The first-order valence-electron chi connectivity index (χ1n) is 19.6. The highest BCUT2D eigenvalue weighted by Crippen LogP contribution is 2.75. The highest BCUT2D eigenvalue weighted by atomic mass is 16.5. The minimum atomic E-state index is -1.07. The van der Waals surface area contributed by atoms with Crippen molar-refractivity contribution in [3.8, 4) is 0 Å². The average molecular weight is 703 g/mol. The van der Waals surface area contributed by atoms with Crippen molar-refractivity contribution in [2.75, 3.05) is 13.1 Å². The third-order valence-corrected chi connectivity index (χ3v) is 15.6. The van der Waals surface area contributed by atoms with Gasteiger partial charge in [0.05, 0.1) is 11.0 Å². The summed E-state index contributed by atoms with van der Waals surface area (Å²) < 4.78 is 6.30. The molecule has 8 nitrogen and oxygen atoms in total. The lowest BCUT2D eigenvalue weighted by atomic mass is 9.33. The van der Waals surface area contributed by atoms with Crippen molar-refractivity contribution >= 4 is 23.8 Å². The van der Waals surface area contributed by atoms with E-state index in [4.69, 9.17) is 9.84 Å². The zero-order valence-electron chi connectivity index (χ0n) is 32.2. The van der Waals surface area contributed by atoms with Crippen LogP contribution < -0.4 is 10.6 Å². The third-order valence-electron chi connectivity index (χ3n) is 15.6. The van der Waals surface area contributed by atoms with Gasteiger partial charge in [-0.15, -0.1) is 0 Å². The molecule has 1 aromatic rings. The van der Waals surface area contributed by atoms with Crippen LogP contribution in [0.15, 0.2) is 42.0 Å². The molecule has 6 rings (SSSR count). The van der Waals surface area contributed by atoms with E-state index in [1.54, 1.807) is 0 Å². The molecule has 0 aromatic heterocycles. The molecule has 0 heterocycles. The Bertz CT molecular complexity index is 1570. The van der Waals surface area contributed by atoms with E-state index >= 15 is 0 Å². The standard InChI is InChI=1S/C43H62N2O6/c1-38(2)21-23-43(37(50)44-25-11-14-34(46)45-27-35(47)48)24-22-41(6)29(30(43)26-38)15-16-32-40(5)19-18-33(51-36(49)28-12-9-8-10-13-28)39(3,4)31(40)17-20-42(32,41)7/h8-10,12-13,15,30-33H,11,14,16-27H2,1-7H3,(H,44,50)(H,45,46)(H,47,48)/t30?,31?,32?,33-,40-,41+,42+,43-/m0/s1. The smallest absolute Gasteiger partial charge is 0.338 e. The quantitative estimate of drug-likeness (QED) is 0.136. The maximum Gasteiger partial charge on any atom is 0.338 e. The number of rotatable bonds is 9. The topological polar surface area (TPSA) is 122 Å². The van der Waals surface area contributed by atoms with E-state index in [1.165, 1.54) is 5.57 Å². The SMILES string of the molecule is CC1(C)CC[C@]2(C(=O)NCCCC(=O)NCC(=O)O)CC[C@]3(C)C(=CCC4[C@@]5(C)CC[C@H](OC(=O)c6ccccc6)C(C)(C)C5CC[C@]43C)C2C1. The molecular weight excluding hydrogens is 640 g/mol. The van der Waals surface area contributed by atoms with Gasteiger partial charge in [0.25, 0.3) is 0 Å². The summed E-state index contributed by atoms with van der Waals surface area (Å²) in [4.78, 5) is 50.4. The Balaban J connectivity index is 1.22. The Morgan fingerprint density at radius 1 is 0.843 bits per heavy atom. The van der Waals surface area contributed by atoms with Gasteiger partial charge in [-0.25, -0.2) is 4.79 Å². The van der Waals surface area contributed by atoms with E-state index in [-0.39, 0.29) is 69.8 Å². The lowest BCUT2D eigenvalue weighted by Gasteiger charge is -2.71. The number of carbonyl (C=O) groups is 4. The third kappa shape index (κ3) is 6.34. The van der Waals surface area contributed by atoms with E-state index in [0.717, 1.165) is 64.2 Å². The number of carboxylic acid groups (broad SMARTS) is 1. The highest BCUT2D eigenvalue weighted by Gasteiger charge is 2.69. The van der Waals surface area contributed by atoms with Crippen molar-refractivity contribution < 1.29 is 29.0 Å². The number of hydrogen-bond donors (Lipinski definition) is 3. The molecule has 1 aromatic carbocycles. The van der Waals surface area contributed by atoms with Crippen molar-refractivity contribution in [1.29, 1.82) is 0 Å². The summed E-state index contributed by atoms with van der Waals surface area (Å²) in [5.74, 6) is -0.327. The number of hydrogen-bond acceptors (Lipinski definition) is 5. The molecule has 0 spiro atoms. The molecular formula is C43H62N2O6. The van der Waals surface area contributed by atoms with Crippen LogP contribution in [0.2, 0.25) is 0 Å². The molecule has 8 heteroatoms. The first-order valence-corrected chi connectivity index (χ1v) is 19.6. The number of carboxylic acids is 1. The number of fused-ring (bicyclic) bond motifs is 7. The molecule has 3 N–H and O–H groups in total. The van der Waals surface area contributed by atoms with E-state index < -0.39 is 11.4 Å². The number of aliphatic carboxylic acids is 1. The predicted molar refractivity (Wildman–Crippen MR) is 198 cm³/mol. The van der Waals surface area contributed by atoms with Gasteiger partial charge in [-0.3, -0.25) is 14.4 Å². The second kappa shape index (κ2) is 13.4. The van der Waals surface area contributed by atoms with Crippen LogP contribution in [0.5, 0.6) is 0 Å². The van der Waals surface area contributed by atoms with Crippen molar-refractivity contribution in [2.45, 2.75) is 132 Å². The maximum atomic E-state index is 14.3. The summed E-state index contributed by atoms with van der Waals surface area (Å²) >= 11 is 0. The monoisotopic (exact) mass is 702 g/mol. The minimum absolute atomic E-state index is 0.00520. The van der Waals surface area contributed by atoms with Crippen LogP contribution in [-0.2, 0) is 19.1 Å². The molecule has 0 radical (unpaired) electrons. The summed E-state index contributed by atoms with van der Waals surface area (Å²) in [6, 6.07) is 9.38. The van der Waals surface area contributed by atoms with Crippen LogP contribution in [0, 0.1) is 50.2 Å². The highest BCUT2D eigenvalue weighted by molar-refractivity contribution is 5.89. The zero-order chi connectivity index (χ0) is 37.0. The van der Waals surface area contributed by atoms with Gasteiger partial charge >= 0.3 is 11.9 Å². The molecule has 2 amide bonds. The van der Waals surface area contributed by atoms with Crippen LogP contribution in [-0.4, -0.2) is 48.1 Å². The summed E-state index contributed by atoms with van der Waals surface area (Å²) in [6.07, 6.45) is 13.1. The van der Waals surface area contributed by atoms with E-state index in [1.807, 2.05) is 30.3 Å². The summed E-state index contributed by atoms with van der Waals surface area (Å²) in [7, 11) is 0. The lowest BCUT2D eigenvalue weighted by molar-refractivity contribution is -0.204. The molecule has 4 saturated carbocycles. The number of benzene rings is 1. The Labute approximate surface area is 305 Å². The first kappa shape index (κ1) is 37.6. The Morgan fingerprint density at radius 3 is 2.25 bits per heavy atom. The van der Waals surface area contributed by atoms with Crippen LogP contribution >= 0.6 is 0 Å². The van der Waals surface area contributed by atoms with E-state index in [0.29, 0.717) is 30.4 Å². The molecule has 5 aliphatic carbocycles.